The predicted octanol–water partition coefficient (Wildman–Crippen LogP) is 1.28. The van der Waals surface area contributed by atoms with Gasteiger partial charge in [-0.15, -0.1) is 0 Å². The van der Waals surface area contributed by atoms with Crippen molar-refractivity contribution >= 4 is 5.97 Å². The minimum atomic E-state index is -1.17. The van der Waals surface area contributed by atoms with Gasteiger partial charge in [0.1, 0.15) is 17.4 Å². The molecule has 5 nitrogen and oxygen atoms in total. The Kier molecular flexibility index (Phi) is 4.07. The molecule has 0 spiro atoms. The van der Waals surface area contributed by atoms with E-state index in [9.17, 15) is 4.79 Å². The van der Waals surface area contributed by atoms with Crippen molar-refractivity contribution in [1.29, 1.82) is 0 Å². The van der Waals surface area contributed by atoms with Crippen LogP contribution < -0.4 is 10.5 Å². The molecule has 104 valence electrons. The van der Waals surface area contributed by atoms with E-state index >= 15 is 0 Å². The van der Waals surface area contributed by atoms with Gasteiger partial charge in [0.15, 0.2) is 0 Å². The summed E-state index contributed by atoms with van der Waals surface area (Å²) in [6.45, 7) is -0.00532. The van der Waals surface area contributed by atoms with Crippen LogP contribution in [-0.4, -0.2) is 27.8 Å². The van der Waals surface area contributed by atoms with Crippen LogP contribution in [0.4, 0.5) is 0 Å². The van der Waals surface area contributed by atoms with E-state index in [-0.39, 0.29) is 12.7 Å². The van der Waals surface area contributed by atoms with Crippen molar-refractivity contribution < 1.29 is 19.7 Å². The molecule has 0 radical (unpaired) electrons. The van der Waals surface area contributed by atoms with Crippen LogP contribution in [0.25, 0.3) is 0 Å². The van der Waals surface area contributed by atoms with Crippen LogP contribution in [0.15, 0.2) is 24.3 Å². The Hall–Kier alpha value is -1.59. The van der Waals surface area contributed by atoms with E-state index in [4.69, 9.17) is 20.7 Å². The molecule has 0 bridgehead atoms. The molecule has 0 saturated heterocycles. The van der Waals surface area contributed by atoms with E-state index < -0.39 is 11.5 Å². The molecular formula is C14H19NO4. The number of aliphatic hydroxyl groups is 1. The minimum Gasteiger partial charge on any atom is -0.490 e. The van der Waals surface area contributed by atoms with Gasteiger partial charge in [-0.05, 0) is 37.0 Å². The highest BCUT2D eigenvalue weighted by molar-refractivity contribution is 5.78. The zero-order chi connectivity index (χ0) is 13.9. The maximum Gasteiger partial charge on any atom is 0.323 e. The van der Waals surface area contributed by atoms with Crippen LogP contribution in [0.1, 0.15) is 31.2 Å². The average molecular weight is 265 g/mol. The molecule has 1 aliphatic carbocycles. The Morgan fingerprint density at radius 3 is 2.68 bits per heavy atom. The molecule has 0 heterocycles. The van der Waals surface area contributed by atoms with E-state index in [1.54, 1.807) is 24.3 Å². The molecule has 2 atom stereocenters. The number of ether oxygens (including phenoxy) is 1. The maximum atomic E-state index is 11.1. The quantitative estimate of drug-likeness (QED) is 0.762. The Labute approximate surface area is 112 Å². The van der Waals surface area contributed by atoms with Gasteiger partial charge in [0, 0.05) is 6.42 Å². The molecule has 5 heteroatoms. The molecule has 1 fully saturated rings. The molecule has 1 aliphatic rings. The van der Waals surface area contributed by atoms with Crippen LogP contribution in [0, 0.1) is 0 Å². The Balaban J connectivity index is 2.00. The maximum absolute atomic E-state index is 11.1. The highest BCUT2D eigenvalue weighted by atomic mass is 16.5. The molecule has 4 N–H and O–H groups in total. The first-order valence-corrected chi connectivity index (χ1v) is 6.42. The summed E-state index contributed by atoms with van der Waals surface area (Å²) >= 11 is 0. The molecule has 0 amide bonds. The van der Waals surface area contributed by atoms with Crippen molar-refractivity contribution in [2.24, 2.45) is 5.73 Å². The third-order valence-electron chi connectivity index (χ3n) is 3.58. The summed E-state index contributed by atoms with van der Waals surface area (Å²) in [5.41, 5.74) is 5.52. The molecule has 0 aromatic heterocycles. The summed E-state index contributed by atoms with van der Waals surface area (Å²) in [5, 5.41) is 18.1. The van der Waals surface area contributed by atoms with Crippen LogP contribution in [0.3, 0.4) is 0 Å². The van der Waals surface area contributed by atoms with Crippen molar-refractivity contribution in [3.63, 3.8) is 0 Å². The highest BCUT2D eigenvalue weighted by Crippen LogP contribution is 2.29. The number of carboxylic acids is 1. The summed E-state index contributed by atoms with van der Waals surface area (Å²) in [5.74, 6) is -0.284. The third-order valence-corrected chi connectivity index (χ3v) is 3.58. The van der Waals surface area contributed by atoms with Gasteiger partial charge in [0.2, 0.25) is 0 Å². The summed E-state index contributed by atoms with van der Waals surface area (Å²) in [4.78, 5) is 11.1. The van der Waals surface area contributed by atoms with Crippen LogP contribution in [0.2, 0.25) is 0 Å². The third kappa shape index (κ3) is 3.24. The number of hydrogen-bond donors (Lipinski definition) is 3. The molecule has 1 aromatic rings. The fourth-order valence-electron chi connectivity index (χ4n) is 2.42. The second-order valence-corrected chi connectivity index (χ2v) is 5.10. The number of aliphatic carboxylic acids is 1. The lowest BCUT2D eigenvalue weighted by atomic mass is 9.81. The van der Waals surface area contributed by atoms with Gasteiger partial charge in [-0.1, -0.05) is 12.1 Å². The Morgan fingerprint density at radius 2 is 2.11 bits per heavy atom. The summed E-state index contributed by atoms with van der Waals surface area (Å²) < 4.78 is 5.78. The SMILES string of the molecule is NC1(C(=O)O)CCCC(Oc2ccc(CO)cc2)C1. The second-order valence-electron chi connectivity index (χ2n) is 5.10. The topological polar surface area (TPSA) is 92.8 Å². The minimum absolute atomic E-state index is 0.00532. The van der Waals surface area contributed by atoms with Crippen molar-refractivity contribution in [1.82, 2.24) is 0 Å². The van der Waals surface area contributed by atoms with E-state index in [1.807, 2.05) is 0 Å². The first kappa shape index (κ1) is 13.8. The predicted molar refractivity (Wildman–Crippen MR) is 69.8 cm³/mol. The molecule has 19 heavy (non-hydrogen) atoms. The second kappa shape index (κ2) is 5.59. The van der Waals surface area contributed by atoms with E-state index in [2.05, 4.69) is 0 Å². The summed E-state index contributed by atoms with van der Waals surface area (Å²) in [6, 6.07) is 7.12. The number of carboxylic acid groups (broad SMARTS) is 1. The lowest BCUT2D eigenvalue weighted by Gasteiger charge is -2.34. The number of benzene rings is 1. The fourth-order valence-corrected chi connectivity index (χ4v) is 2.42. The van der Waals surface area contributed by atoms with E-state index in [0.717, 1.165) is 18.4 Å². The number of aliphatic hydroxyl groups excluding tert-OH is 1. The van der Waals surface area contributed by atoms with Gasteiger partial charge >= 0.3 is 5.97 Å². The van der Waals surface area contributed by atoms with Crippen LogP contribution >= 0.6 is 0 Å². The summed E-state index contributed by atoms with van der Waals surface area (Å²) in [7, 11) is 0. The number of rotatable bonds is 4. The Bertz CT molecular complexity index is 445. The lowest BCUT2D eigenvalue weighted by molar-refractivity contribution is -0.145. The van der Waals surface area contributed by atoms with E-state index in [0.29, 0.717) is 18.6 Å². The number of nitrogens with two attached hydrogens (primary N) is 1. The molecule has 1 saturated carbocycles. The van der Waals surface area contributed by atoms with Crippen LogP contribution in [0.5, 0.6) is 5.75 Å². The molecule has 1 aromatic carbocycles. The zero-order valence-electron chi connectivity index (χ0n) is 10.7. The smallest absolute Gasteiger partial charge is 0.323 e. The van der Waals surface area contributed by atoms with Gasteiger partial charge in [-0.3, -0.25) is 4.79 Å². The first-order valence-electron chi connectivity index (χ1n) is 6.42. The monoisotopic (exact) mass is 265 g/mol. The molecule has 0 aliphatic heterocycles. The number of carbonyl (C=O) groups is 1. The highest BCUT2D eigenvalue weighted by Gasteiger charge is 2.40. The van der Waals surface area contributed by atoms with Gasteiger partial charge in [0.05, 0.1) is 6.61 Å². The first-order chi connectivity index (χ1) is 9.03. The molecular weight excluding hydrogens is 246 g/mol. The van der Waals surface area contributed by atoms with Gasteiger partial charge in [0.25, 0.3) is 0 Å². The molecule has 2 unspecified atom stereocenters. The normalized spacial score (nSPS) is 26.9. The number of hydrogen-bond acceptors (Lipinski definition) is 4. The van der Waals surface area contributed by atoms with Crippen molar-refractivity contribution in [2.75, 3.05) is 0 Å². The average Bonchev–Trinajstić information content (AvgIpc) is 2.39. The van der Waals surface area contributed by atoms with Gasteiger partial charge in [-0.25, -0.2) is 0 Å². The van der Waals surface area contributed by atoms with Gasteiger partial charge in [-0.2, -0.15) is 0 Å². The van der Waals surface area contributed by atoms with E-state index in [1.165, 1.54) is 0 Å². The van der Waals surface area contributed by atoms with Crippen molar-refractivity contribution in [2.45, 2.75) is 43.9 Å². The zero-order valence-corrected chi connectivity index (χ0v) is 10.7. The standard InChI is InChI=1S/C14H19NO4/c15-14(13(17)18)7-1-2-12(8-14)19-11-5-3-10(9-16)4-6-11/h3-6,12,16H,1-2,7-9,15H2,(H,17,18). The fraction of sp³-hybridized carbons (Fsp3) is 0.500. The lowest BCUT2D eigenvalue weighted by Crippen LogP contribution is -2.53. The van der Waals surface area contributed by atoms with Crippen LogP contribution in [-0.2, 0) is 11.4 Å². The Morgan fingerprint density at radius 1 is 1.42 bits per heavy atom. The largest absolute Gasteiger partial charge is 0.490 e. The van der Waals surface area contributed by atoms with Crippen molar-refractivity contribution in [3.05, 3.63) is 29.8 Å². The summed E-state index contributed by atoms with van der Waals surface area (Å²) in [6.07, 6.45) is 2.21. The van der Waals surface area contributed by atoms with Crippen molar-refractivity contribution in [3.8, 4) is 5.75 Å². The van der Waals surface area contributed by atoms with Gasteiger partial charge < -0.3 is 20.7 Å². The molecule has 2 rings (SSSR count).